The van der Waals surface area contributed by atoms with Crippen LogP contribution in [0, 0.1) is 0 Å². The van der Waals surface area contributed by atoms with Gasteiger partial charge in [-0.2, -0.15) is 0 Å². The molecule has 1 unspecified atom stereocenters. The van der Waals surface area contributed by atoms with Gasteiger partial charge < -0.3 is 5.32 Å². The van der Waals surface area contributed by atoms with Crippen LogP contribution in [0.1, 0.15) is 29.8 Å². The van der Waals surface area contributed by atoms with E-state index >= 15 is 0 Å². The first-order chi connectivity index (χ1) is 10.3. The Hall–Kier alpha value is -1.72. The van der Waals surface area contributed by atoms with Crippen LogP contribution in [0.4, 0.5) is 0 Å². The quantitative estimate of drug-likeness (QED) is 0.925. The minimum Gasteiger partial charge on any atom is -0.314 e. The van der Waals surface area contributed by atoms with Gasteiger partial charge in [0.15, 0.2) is 0 Å². The maximum absolute atomic E-state index is 4.22. The van der Waals surface area contributed by atoms with Gasteiger partial charge in [0.2, 0.25) is 0 Å². The number of rotatable bonds is 4. The molecule has 1 aromatic carbocycles. The molecule has 0 bridgehead atoms. The van der Waals surface area contributed by atoms with Crippen molar-refractivity contribution in [3.05, 3.63) is 47.3 Å². The predicted molar refractivity (Wildman–Crippen MR) is 82.8 cm³/mol. The lowest BCUT2D eigenvalue weighted by atomic mass is 10.0. The van der Waals surface area contributed by atoms with E-state index in [-0.39, 0.29) is 0 Å². The van der Waals surface area contributed by atoms with Crippen LogP contribution in [0.3, 0.4) is 0 Å². The van der Waals surface area contributed by atoms with E-state index in [1.54, 1.807) is 4.68 Å². The third kappa shape index (κ3) is 3.31. The molecule has 5 heteroatoms. The Bertz CT molecular complexity index is 575. The van der Waals surface area contributed by atoms with E-state index in [0.29, 0.717) is 6.04 Å². The molecule has 0 aliphatic carbocycles. The lowest BCUT2D eigenvalue weighted by molar-refractivity contribution is 0.152. The van der Waals surface area contributed by atoms with Crippen LogP contribution in [-0.4, -0.2) is 39.5 Å². The summed E-state index contributed by atoms with van der Waals surface area (Å²) in [4.78, 5) is 2.49. The highest BCUT2D eigenvalue weighted by Crippen LogP contribution is 2.24. The third-order valence-electron chi connectivity index (χ3n) is 4.14. The van der Waals surface area contributed by atoms with E-state index in [1.807, 2.05) is 13.2 Å². The van der Waals surface area contributed by atoms with Gasteiger partial charge in [-0.1, -0.05) is 36.4 Å². The molecule has 112 valence electrons. The minimum absolute atomic E-state index is 0.409. The minimum atomic E-state index is 0.409. The Morgan fingerprint density at radius 1 is 1.29 bits per heavy atom. The zero-order valence-corrected chi connectivity index (χ0v) is 12.8. The number of benzene rings is 1. The van der Waals surface area contributed by atoms with E-state index in [4.69, 9.17) is 0 Å². The largest absolute Gasteiger partial charge is 0.314 e. The van der Waals surface area contributed by atoms with Gasteiger partial charge in [-0.05, 0) is 17.5 Å². The Morgan fingerprint density at radius 3 is 2.76 bits per heavy atom. The number of aryl methyl sites for hydroxylation is 2. The molecule has 5 nitrogen and oxygen atoms in total. The summed E-state index contributed by atoms with van der Waals surface area (Å²) in [6, 6.07) is 9.42. The van der Waals surface area contributed by atoms with Crippen molar-refractivity contribution in [1.82, 2.24) is 25.2 Å². The van der Waals surface area contributed by atoms with E-state index < -0.39 is 0 Å². The third-order valence-corrected chi connectivity index (χ3v) is 4.14. The highest BCUT2D eigenvalue weighted by Gasteiger charge is 2.24. The van der Waals surface area contributed by atoms with Gasteiger partial charge in [0.25, 0.3) is 0 Å². The molecule has 1 fully saturated rings. The summed E-state index contributed by atoms with van der Waals surface area (Å²) in [5, 5.41) is 11.7. The van der Waals surface area contributed by atoms with Crippen molar-refractivity contribution in [3.8, 4) is 0 Å². The van der Waals surface area contributed by atoms with Crippen LogP contribution in [0.25, 0.3) is 0 Å². The molecule has 0 saturated carbocycles. The maximum atomic E-state index is 4.22. The van der Waals surface area contributed by atoms with Crippen LogP contribution in [0.15, 0.2) is 30.5 Å². The van der Waals surface area contributed by atoms with Crippen LogP contribution in [0.2, 0.25) is 0 Å². The van der Waals surface area contributed by atoms with Crippen LogP contribution >= 0.6 is 0 Å². The van der Waals surface area contributed by atoms with Crippen LogP contribution in [-0.2, 0) is 20.0 Å². The molecular weight excluding hydrogens is 262 g/mol. The molecular formula is C16H23N5. The number of hydrogen-bond donors (Lipinski definition) is 1. The van der Waals surface area contributed by atoms with E-state index in [1.165, 1.54) is 11.1 Å². The molecule has 2 heterocycles. The highest BCUT2D eigenvalue weighted by molar-refractivity contribution is 5.26. The normalized spacial score (nSPS) is 19.8. The lowest BCUT2D eigenvalue weighted by Gasteiger charge is -2.36. The molecule has 1 saturated heterocycles. The zero-order chi connectivity index (χ0) is 14.7. The first kappa shape index (κ1) is 14.2. The fourth-order valence-electron chi connectivity index (χ4n) is 2.92. The monoisotopic (exact) mass is 285 g/mol. The number of hydrogen-bond acceptors (Lipinski definition) is 4. The topological polar surface area (TPSA) is 46.0 Å². The molecule has 21 heavy (non-hydrogen) atoms. The Labute approximate surface area is 126 Å². The van der Waals surface area contributed by atoms with Crippen molar-refractivity contribution < 1.29 is 0 Å². The first-order valence-corrected chi connectivity index (χ1v) is 7.65. The lowest BCUT2D eigenvalue weighted by Crippen LogP contribution is -2.45. The summed E-state index contributed by atoms with van der Waals surface area (Å²) in [6.45, 7) is 6.11. The van der Waals surface area contributed by atoms with Gasteiger partial charge in [0.05, 0.1) is 5.69 Å². The summed E-state index contributed by atoms with van der Waals surface area (Å²) >= 11 is 0. The van der Waals surface area contributed by atoms with Crippen molar-refractivity contribution in [1.29, 1.82) is 0 Å². The summed E-state index contributed by atoms with van der Waals surface area (Å²) in [5.74, 6) is 0. The number of piperazine rings is 1. The molecule has 1 atom stereocenters. The second kappa shape index (κ2) is 6.37. The van der Waals surface area contributed by atoms with Crippen LogP contribution < -0.4 is 5.32 Å². The first-order valence-electron chi connectivity index (χ1n) is 7.65. The molecule has 1 N–H and O–H groups in total. The number of nitrogens with zero attached hydrogens (tertiary/aromatic N) is 4. The average Bonchev–Trinajstić information content (AvgIpc) is 2.93. The summed E-state index contributed by atoms with van der Waals surface area (Å²) in [5.41, 5.74) is 3.81. The van der Waals surface area contributed by atoms with Gasteiger partial charge in [-0.25, -0.2) is 0 Å². The number of aromatic nitrogens is 3. The molecule has 0 spiro atoms. The SMILES string of the molecule is CCc1ccc(C2CNCCN2Cc2cn(C)nn2)cc1. The average molecular weight is 285 g/mol. The van der Waals surface area contributed by atoms with E-state index in [0.717, 1.165) is 38.3 Å². The fraction of sp³-hybridized carbons (Fsp3) is 0.500. The molecule has 1 aromatic heterocycles. The van der Waals surface area contributed by atoms with E-state index in [2.05, 4.69) is 51.7 Å². The maximum Gasteiger partial charge on any atom is 0.0967 e. The van der Waals surface area contributed by atoms with Gasteiger partial charge in [0, 0.05) is 45.5 Å². The summed E-state index contributed by atoms with van der Waals surface area (Å²) in [7, 11) is 1.91. The Morgan fingerprint density at radius 2 is 2.10 bits per heavy atom. The van der Waals surface area contributed by atoms with E-state index in [9.17, 15) is 0 Å². The standard InChI is InChI=1S/C16H23N5/c1-3-13-4-6-14(7-5-13)16-10-17-8-9-21(16)12-15-11-20(2)19-18-15/h4-7,11,16-17H,3,8-10,12H2,1-2H3. The van der Waals surface area contributed by atoms with Crippen molar-refractivity contribution in [3.63, 3.8) is 0 Å². The van der Waals surface area contributed by atoms with Gasteiger partial charge in [-0.15, -0.1) is 5.10 Å². The predicted octanol–water partition coefficient (Wildman–Crippen LogP) is 1.52. The molecule has 0 amide bonds. The Kier molecular flexibility index (Phi) is 4.31. The van der Waals surface area contributed by atoms with Crippen molar-refractivity contribution in [2.24, 2.45) is 7.05 Å². The van der Waals surface area contributed by atoms with Gasteiger partial charge in [0.1, 0.15) is 0 Å². The fourth-order valence-corrected chi connectivity index (χ4v) is 2.92. The summed E-state index contributed by atoms with van der Waals surface area (Å²) in [6.07, 6.45) is 3.09. The molecule has 0 radical (unpaired) electrons. The number of nitrogens with one attached hydrogen (secondary N) is 1. The smallest absolute Gasteiger partial charge is 0.0967 e. The van der Waals surface area contributed by atoms with Crippen molar-refractivity contribution >= 4 is 0 Å². The second-order valence-electron chi connectivity index (χ2n) is 5.67. The van der Waals surface area contributed by atoms with Crippen LogP contribution in [0.5, 0.6) is 0 Å². The molecule has 2 aromatic rings. The van der Waals surface area contributed by atoms with Crippen molar-refractivity contribution in [2.75, 3.05) is 19.6 Å². The molecule has 1 aliphatic rings. The zero-order valence-electron chi connectivity index (χ0n) is 12.8. The second-order valence-corrected chi connectivity index (χ2v) is 5.67. The summed E-state index contributed by atoms with van der Waals surface area (Å²) < 4.78 is 1.77. The molecule has 3 rings (SSSR count). The van der Waals surface area contributed by atoms with Gasteiger partial charge in [-0.3, -0.25) is 9.58 Å². The van der Waals surface area contributed by atoms with Crippen molar-refractivity contribution in [2.45, 2.75) is 25.9 Å². The molecule has 1 aliphatic heterocycles. The Balaban J connectivity index is 1.76. The van der Waals surface area contributed by atoms with Gasteiger partial charge >= 0.3 is 0 Å². The highest BCUT2D eigenvalue weighted by atomic mass is 15.4.